The van der Waals surface area contributed by atoms with Gasteiger partial charge >= 0.3 is 0 Å². The third-order valence-corrected chi connectivity index (χ3v) is 6.45. The summed E-state index contributed by atoms with van der Waals surface area (Å²) in [4.78, 5) is 13.3. The molecule has 5 atom stereocenters. The highest BCUT2D eigenvalue weighted by molar-refractivity contribution is 5.77. The number of hydrogen-bond donors (Lipinski definition) is 2. The Morgan fingerprint density at radius 1 is 1.29 bits per heavy atom. The Morgan fingerprint density at radius 2 is 2.10 bits per heavy atom. The van der Waals surface area contributed by atoms with Crippen LogP contribution in [0, 0.1) is 5.92 Å². The average Bonchev–Trinajstić information content (AvgIpc) is 3.42. The molecule has 2 aromatic heterocycles. The van der Waals surface area contributed by atoms with E-state index in [1.165, 1.54) is 0 Å². The molecule has 1 spiro atoms. The first-order valence-electron chi connectivity index (χ1n) is 10.7. The number of anilines is 1. The number of imidazole rings is 1. The van der Waals surface area contributed by atoms with E-state index in [1.54, 1.807) is 6.33 Å². The molecule has 9 heteroatoms. The van der Waals surface area contributed by atoms with Gasteiger partial charge in [0.2, 0.25) is 11.8 Å². The van der Waals surface area contributed by atoms with Crippen molar-refractivity contribution in [2.45, 2.75) is 57.3 Å². The van der Waals surface area contributed by atoms with Crippen molar-refractivity contribution in [2.24, 2.45) is 5.92 Å². The zero-order valence-electron chi connectivity index (χ0n) is 17.6. The predicted octanol–water partition coefficient (Wildman–Crippen LogP) is 2.45. The van der Waals surface area contributed by atoms with Crippen molar-refractivity contribution in [1.29, 1.82) is 0 Å². The molecular weight excluding hydrogens is 398 g/mol. The lowest BCUT2D eigenvalue weighted by Gasteiger charge is -2.35. The van der Waals surface area contributed by atoms with E-state index in [9.17, 15) is 5.11 Å². The van der Waals surface area contributed by atoms with Gasteiger partial charge in [0.25, 0.3) is 0 Å². The summed E-state index contributed by atoms with van der Waals surface area (Å²) in [5.74, 6) is 0.392. The van der Waals surface area contributed by atoms with Crippen LogP contribution in [0.3, 0.4) is 0 Å². The van der Waals surface area contributed by atoms with E-state index in [1.807, 2.05) is 41.8 Å². The van der Waals surface area contributed by atoms with Gasteiger partial charge in [-0.1, -0.05) is 37.3 Å². The van der Waals surface area contributed by atoms with E-state index in [0.717, 1.165) is 12.0 Å². The molecule has 0 amide bonds. The lowest BCUT2D eigenvalue weighted by molar-refractivity contribution is -0.111. The van der Waals surface area contributed by atoms with Crippen molar-refractivity contribution in [2.75, 3.05) is 12.3 Å². The van der Waals surface area contributed by atoms with Crippen LogP contribution in [-0.4, -0.2) is 49.2 Å². The molecule has 1 saturated heterocycles. The summed E-state index contributed by atoms with van der Waals surface area (Å²) in [5.41, 5.74) is 7.48. The molecule has 1 aliphatic carbocycles. The Labute approximate surface area is 180 Å². The van der Waals surface area contributed by atoms with Crippen LogP contribution in [0.4, 0.5) is 5.95 Å². The fourth-order valence-electron chi connectivity index (χ4n) is 5.09. The van der Waals surface area contributed by atoms with Gasteiger partial charge in [0.1, 0.15) is 12.2 Å². The van der Waals surface area contributed by atoms with Gasteiger partial charge in [-0.05, 0) is 25.3 Å². The van der Waals surface area contributed by atoms with Crippen molar-refractivity contribution in [3.8, 4) is 5.88 Å². The second-order valence-electron chi connectivity index (χ2n) is 8.27. The van der Waals surface area contributed by atoms with Gasteiger partial charge < -0.3 is 29.6 Å². The SMILES string of the molecule is CC[C@@H]1[C@@H](O)C[C@H](n2cnc3c(OCc4ccccc4)nc(N)nc32)[C@]12COC(C)O2. The number of ether oxygens (including phenoxy) is 3. The van der Waals surface area contributed by atoms with E-state index in [4.69, 9.17) is 19.9 Å². The third kappa shape index (κ3) is 3.33. The molecule has 3 aromatic rings. The molecule has 1 aromatic carbocycles. The van der Waals surface area contributed by atoms with Crippen molar-refractivity contribution in [3.05, 3.63) is 42.2 Å². The topological polar surface area (TPSA) is 118 Å². The molecule has 1 aliphatic heterocycles. The highest BCUT2D eigenvalue weighted by atomic mass is 16.7. The lowest BCUT2D eigenvalue weighted by atomic mass is 9.86. The summed E-state index contributed by atoms with van der Waals surface area (Å²) in [7, 11) is 0. The summed E-state index contributed by atoms with van der Waals surface area (Å²) in [6.07, 6.45) is 2.17. The van der Waals surface area contributed by atoms with Gasteiger partial charge in [-0.3, -0.25) is 0 Å². The zero-order chi connectivity index (χ0) is 21.6. The molecule has 3 N–H and O–H groups in total. The Kier molecular flexibility index (Phi) is 5.04. The van der Waals surface area contributed by atoms with Crippen molar-refractivity contribution in [3.63, 3.8) is 0 Å². The molecule has 0 radical (unpaired) electrons. The Balaban J connectivity index is 1.53. The number of fused-ring (bicyclic) bond motifs is 1. The number of nitrogens with two attached hydrogens (primary N) is 1. The number of rotatable bonds is 5. The van der Waals surface area contributed by atoms with Crippen LogP contribution < -0.4 is 10.5 Å². The minimum atomic E-state index is -0.647. The number of benzene rings is 1. The monoisotopic (exact) mass is 425 g/mol. The van der Waals surface area contributed by atoms with Gasteiger partial charge in [-0.15, -0.1) is 0 Å². The summed E-state index contributed by atoms with van der Waals surface area (Å²) in [5, 5.41) is 10.8. The molecule has 5 rings (SSSR count). The van der Waals surface area contributed by atoms with Crippen LogP contribution in [0.1, 0.15) is 38.3 Å². The second-order valence-corrected chi connectivity index (χ2v) is 8.27. The summed E-state index contributed by atoms with van der Waals surface area (Å²) < 4.78 is 20.0. The third-order valence-electron chi connectivity index (χ3n) is 6.45. The Morgan fingerprint density at radius 3 is 2.81 bits per heavy atom. The molecule has 9 nitrogen and oxygen atoms in total. The molecular formula is C22H27N5O4. The molecule has 164 valence electrons. The number of nitrogen functional groups attached to an aromatic ring is 1. The predicted molar refractivity (Wildman–Crippen MR) is 113 cm³/mol. The number of nitrogens with zero attached hydrogens (tertiary/aromatic N) is 4. The first kappa shape index (κ1) is 20.2. The molecule has 0 bridgehead atoms. The zero-order valence-corrected chi connectivity index (χ0v) is 17.6. The van der Waals surface area contributed by atoms with Crippen LogP contribution in [0.15, 0.2) is 36.7 Å². The molecule has 2 fully saturated rings. The standard InChI is InChI=1S/C22H27N5O4/c1-3-15-16(28)9-17(22(15)11-30-13(2)31-22)27-12-24-18-19(27)25-21(23)26-20(18)29-10-14-7-5-4-6-8-14/h4-8,12-13,15-17,28H,3,9-11H2,1-2H3,(H2,23,25,26)/t13?,15-,16+,17+,22+/m1/s1. The molecule has 1 saturated carbocycles. The van der Waals surface area contributed by atoms with Crippen molar-refractivity contribution >= 4 is 17.1 Å². The maximum Gasteiger partial charge on any atom is 0.247 e. The maximum absolute atomic E-state index is 10.8. The first-order valence-corrected chi connectivity index (χ1v) is 10.7. The van der Waals surface area contributed by atoms with Gasteiger partial charge in [-0.2, -0.15) is 9.97 Å². The highest BCUT2D eigenvalue weighted by Crippen LogP contribution is 2.52. The molecule has 3 heterocycles. The molecule has 31 heavy (non-hydrogen) atoms. The number of aliphatic hydroxyl groups excluding tert-OH is 1. The van der Waals surface area contributed by atoms with Crippen LogP contribution in [0.5, 0.6) is 5.88 Å². The molecule has 2 aliphatic rings. The van der Waals surface area contributed by atoms with E-state index >= 15 is 0 Å². The van der Waals surface area contributed by atoms with Gasteiger partial charge in [0.05, 0.1) is 25.1 Å². The summed E-state index contributed by atoms with van der Waals surface area (Å²) in [6.45, 7) is 4.70. The maximum atomic E-state index is 10.8. The van der Waals surface area contributed by atoms with Crippen LogP contribution in [0.25, 0.3) is 11.2 Å². The quantitative estimate of drug-likeness (QED) is 0.640. The highest BCUT2D eigenvalue weighted by Gasteiger charge is 2.59. The van der Waals surface area contributed by atoms with Crippen molar-refractivity contribution < 1.29 is 19.3 Å². The Hall–Kier alpha value is -2.75. The van der Waals surface area contributed by atoms with Crippen molar-refractivity contribution in [1.82, 2.24) is 19.5 Å². The van der Waals surface area contributed by atoms with Gasteiger partial charge in [0, 0.05) is 5.92 Å². The molecule has 1 unspecified atom stereocenters. The lowest BCUT2D eigenvalue weighted by Crippen LogP contribution is -2.45. The van der Waals surface area contributed by atoms with Crippen LogP contribution in [-0.2, 0) is 16.1 Å². The number of hydrogen-bond acceptors (Lipinski definition) is 8. The largest absolute Gasteiger partial charge is 0.471 e. The smallest absolute Gasteiger partial charge is 0.247 e. The summed E-state index contributed by atoms with van der Waals surface area (Å²) >= 11 is 0. The average molecular weight is 425 g/mol. The van der Waals surface area contributed by atoms with Crippen LogP contribution in [0.2, 0.25) is 0 Å². The number of aliphatic hydroxyl groups is 1. The second kappa shape index (κ2) is 7.74. The van der Waals surface area contributed by atoms with Crippen LogP contribution >= 0.6 is 0 Å². The van der Waals surface area contributed by atoms with E-state index in [-0.39, 0.29) is 24.2 Å². The fourth-order valence-corrected chi connectivity index (χ4v) is 5.09. The minimum absolute atomic E-state index is 0.0483. The normalized spacial score (nSPS) is 30.4. The van der Waals surface area contributed by atoms with E-state index < -0.39 is 11.7 Å². The van der Waals surface area contributed by atoms with E-state index in [2.05, 4.69) is 21.9 Å². The van der Waals surface area contributed by atoms with E-state index in [0.29, 0.717) is 36.7 Å². The Bertz CT molecular complexity index is 1070. The summed E-state index contributed by atoms with van der Waals surface area (Å²) in [6, 6.07) is 9.63. The van der Waals surface area contributed by atoms with Gasteiger partial charge in [0.15, 0.2) is 17.5 Å². The fraction of sp³-hybridized carbons (Fsp3) is 0.500. The minimum Gasteiger partial charge on any atom is -0.471 e. The van der Waals surface area contributed by atoms with Gasteiger partial charge in [-0.25, -0.2) is 4.98 Å². The number of aromatic nitrogens is 4. The first-order chi connectivity index (χ1) is 15.0.